The van der Waals surface area contributed by atoms with Crippen LogP contribution in [0.1, 0.15) is 36.3 Å². The smallest absolute Gasteiger partial charge is 0.307 e. The quantitative estimate of drug-likeness (QED) is 0.907. The lowest BCUT2D eigenvalue weighted by molar-refractivity contribution is -0.131. The molecule has 2 aliphatic rings. The summed E-state index contributed by atoms with van der Waals surface area (Å²) in [6.45, 7) is 6.09. The minimum atomic E-state index is 0. The molecular formula is C15H24ClN3O2S. The normalized spacial score (nSPS) is 24.0. The third-order valence-corrected chi connectivity index (χ3v) is 5.80. The largest absolute Gasteiger partial charge is 0.341 e. The van der Waals surface area contributed by atoms with E-state index in [0.29, 0.717) is 25.0 Å². The molecule has 0 spiro atoms. The molecule has 3 rings (SSSR count). The van der Waals surface area contributed by atoms with E-state index in [2.05, 4.69) is 5.32 Å². The molecule has 2 unspecified atom stereocenters. The fraction of sp³-hybridized carbons (Fsp3) is 0.733. The van der Waals surface area contributed by atoms with Crippen LogP contribution in [0.2, 0.25) is 0 Å². The van der Waals surface area contributed by atoms with Crippen molar-refractivity contribution in [2.45, 2.75) is 58.2 Å². The first-order chi connectivity index (χ1) is 10.0. The third-order valence-electron chi connectivity index (χ3n) is 4.80. The fourth-order valence-corrected chi connectivity index (χ4v) is 4.24. The van der Waals surface area contributed by atoms with Crippen molar-refractivity contribution in [3.05, 3.63) is 20.2 Å². The molecule has 2 saturated heterocycles. The van der Waals surface area contributed by atoms with E-state index in [0.717, 1.165) is 30.1 Å². The predicted molar refractivity (Wildman–Crippen MR) is 91.1 cm³/mol. The lowest BCUT2D eigenvalue weighted by Crippen LogP contribution is -2.39. The summed E-state index contributed by atoms with van der Waals surface area (Å²) in [6.07, 6.45) is 3.90. The van der Waals surface area contributed by atoms with Gasteiger partial charge in [-0.15, -0.1) is 12.4 Å². The summed E-state index contributed by atoms with van der Waals surface area (Å²) in [5, 5.41) is 3.59. The number of rotatable bonds is 3. The molecule has 0 aromatic carbocycles. The number of amides is 1. The Bertz CT molecular complexity index is 598. The average molecular weight is 346 g/mol. The molecule has 0 radical (unpaired) electrons. The second kappa shape index (κ2) is 7.15. The van der Waals surface area contributed by atoms with Crippen molar-refractivity contribution in [3.63, 3.8) is 0 Å². The summed E-state index contributed by atoms with van der Waals surface area (Å²) in [5.74, 6) is 0.180. The number of aryl methyl sites for hydroxylation is 1. The first-order valence-corrected chi connectivity index (χ1v) is 8.57. The van der Waals surface area contributed by atoms with E-state index in [4.69, 9.17) is 0 Å². The highest BCUT2D eigenvalue weighted by molar-refractivity contribution is 7.09. The van der Waals surface area contributed by atoms with E-state index in [-0.39, 0.29) is 23.2 Å². The Morgan fingerprint density at radius 2 is 2.00 bits per heavy atom. The second-order valence-electron chi connectivity index (χ2n) is 6.18. The molecule has 0 saturated carbocycles. The van der Waals surface area contributed by atoms with Gasteiger partial charge in [0.1, 0.15) is 0 Å². The Labute approximate surface area is 141 Å². The number of halogens is 1. The van der Waals surface area contributed by atoms with Crippen LogP contribution < -0.4 is 10.2 Å². The van der Waals surface area contributed by atoms with Crippen molar-refractivity contribution in [2.75, 3.05) is 13.1 Å². The summed E-state index contributed by atoms with van der Waals surface area (Å²) in [4.78, 5) is 27.3. The highest BCUT2D eigenvalue weighted by atomic mass is 35.5. The molecule has 124 valence electrons. The number of hydrogen-bond donors (Lipinski definition) is 1. The van der Waals surface area contributed by atoms with Crippen LogP contribution in [0.4, 0.5) is 0 Å². The molecule has 1 N–H and O–H groups in total. The Morgan fingerprint density at radius 3 is 2.68 bits per heavy atom. The highest BCUT2D eigenvalue weighted by Crippen LogP contribution is 2.21. The minimum Gasteiger partial charge on any atom is -0.341 e. The van der Waals surface area contributed by atoms with Crippen molar-refractivity contribution >= 4 is 29.7 Å². The van der Waals surface area contributed by atoms with Crippen LogP contribution >= 0.6 is 23.7 Å². The van der Waals surface area contributed by atoms with Crippen LogP contribution in [0.5, 0.6) is 0 Å². The fourth-order valence-electron chi connectivity index (χ4n) is 3.38. The molecule has 2 fully saturated rings. The van der Waals surface area contributed by atoms with Gasteiger partial charge >= 0.3 is 4.87 Å². The van der Waals surface area contributed by atoms with E-state index >= 15 is 0 Å². The molecule has 1 amide bonds. The number of aromatic nitrogens is 1. The Balaban J connectivity index is 0.00000176. The number of thiazole rings is 1. The number of carbonyl (C=O) groups is 1. The number of likely N-dealkylation sites (tertiary alicyclic amines) is 1. The minimum absolute atomic E-state index is 0. The van der Waals surface area contributed by atoms with E-state index in [1.54, 1.807) is 4.57 Å². The summed E-state index contributed by atoms with van der Waals surface area (Å²) in [5.41, 5.74) is 0.995. The molecule has 7 heteroatoms. The van der Waals surface area contributed by atoms with Gasteiger partial charge in [0, 0.05) is 48.7 Å². The average Bonchev–Trinajstić information content (AvgIpc) is 2.88. The highest BCUT2D eigenvalue weighted by Gasteiger charge is 2.30. The molecule has 2 atom stereocenters. The first kappa shape index (κ1) is 17.5. The van der Waals surface area contributed by atoms with Gasteiger partial charge < -0.3 is 14.8 Å². The maximum Gasteiger partial charge on any atom is 0.307 e. The van der Waals surface area contributed by atoms with Gasteiger partial charge in [0.25, 0.3) is 0 Å². The molecular weight excluding hydrogens is 322 g/mol. The van der Waals surface area contributed by atoms with E-state index in [9.17, 15) is 9.59 Å². The molecule has 5 nitrogen and oxygen atoms in total. The lowest BCUT2D eigenvalue weighted by atomic mass is 10.1. The summed E-state index contributed by atoms with van der Waals surface area (Å²) in [7, 11) is 0. The third kappa shape index (κ3) is 3.55. The number of nitrogens with zero attached hydrogens (tertiary/aromatic N) is 2. The van der Waals surface area contributed by atoms with Gasteiger partial charge in [-0.05, 0) is 33.1 Å². The number of hydrogen-bond acceptors (Lipinski definition) is 4. The molecule has 0 aliphatic carbocycles. The van der Waals surface area contributed by atoms with Gasteiger partial charge in [0.15, 0.2) is 0 Å². The Kier molecular flexibility index (Phi) is 5.69. The lowest BCUT2D eigenvalue weighted by Gasteiger charge is -2.24. The molecule has 1 aromatic rings. The summed E-state index contributed by atoms with van der Waals surface area (Å²) < 4.78 is 1.74. The van der Waals surface area contributed by atoms with Crippen LogP contribution in [0.3, 0.4) is 0 Å². The number of nitrogens with one attached hydrogen (secondary N) is 1. The zero-order valence-electron chi connectivity index (χ0n) is 13.1. The van der Waals surface area contributed by atoms with E-state index in [1.165, 1.54) is 24.2 Å². The standard InChI is InChI=1S/C15H23N3O2S.ClH/c1-10-11(2)21-15(20)18(10)8-6-14(19)17-7-5-12-3-4-13(9-17)16-12;/h12-13,16H,3-9H2,1-2H3;1H. The Morgan fingerprint density at radius 1 is 1.27 bits per heavy atom. The van der Waals surface area contributed by atoms with Crippen molar-refractivity contribution in [1.82, 2.24) is 14.8 Å². The van der Waals surface area contributed by atoms with Crippen molar-refractivity contribution in [1.29, 1.82) is 0 Å². The van der Waals surface area contributed by atoms with Crippen molar-refractivity contribution in [3.8, 4) is 0 Å². The van der Waals surface area contributed by atoms with Gasteiger partial charge in [-0.25, -0.2) is 0 Å². The molecule has 1 aromatic heterocycles. The van der Waals surface area contributed by atoms with E-state index in [1.807, 2.05) is 18.7 Å². The monoisotopic (exact) mass is 345 g/mol. The van der Waals surface area contributed by atoms with Crippen LogP contribution in [-0.2, 0) is 11.3 Å². The predicted octanol–water partition coefficient (Wildman–Crippen LogP) is 1.69. The van der Waals surface area contributed by atoms with Gasteiger partial charge in [-0.3, -0.25) is 9.59 Å². The van der Waals surface area contributed by atoms with Gasteiger partial charge in [-0.2, -0.15) is 0 Å². The maximum atomic E-state index is 12.4. The second-order valence-corrected chi connectivity index (χ2v) is 7.34. The van der Waals surface area contributed by atoms with Crippen LogP contribution in [0, 0.1) is 13.8 Å². The maximum absolute atomic E-state index is 12.4. The van der Waals surface area contributed by atoms with Gasteiger partial charge in [0.05, 0.1) is 0 Å². The zero-order valence-corrected chi connectivity index (χ0v) is 14.8. The molecule has 2 bridgehead atoms. The summed E-state index contributed by atoms with van der Waals surface area (Å²) in [6, 6.07) is 1.06. The van der Waals surface area contributed by atoms with Gasteiger partial charge in [-0.1, -0.05) is 11.3 Å². The van der Waals surface area contributed by atoms with Crippen LogP contribution in [-0.4, -0.2) is 40.5 Å². The summed E-state index contributed by atoms with van der Waals surface area (Å²) >= 11 is 1.27. The molecule has 3 heterocycles. The molecule has 2 aliphatic heterocycles. The van der Waals surface area contributed by atoms with E-state index < -0.39 is 0 Å². The zero-order chi connectivity index (χ0) is 15.0. The molecule has 22 heavy (non-hydrogen) atoms. The number of carbonyl (C=O) groups excluding carboxylic acids is 1. The first-order valence-electron chi connectivity index (χ1n) is 7.75. The van der Waals surface area contributed by atoms with Crippen molar-refractivity contribution in [2.24, 2.45) is 0 Å². The van der Waals surface area contributed by atoms with Gasteiger partial charge in [0.2, 0.25) is 5.91 Å². The van der Waals surface area contributed by atoms with Crippen LogP contribution in [0.15, 0.2) is 4.79 Å². The number of fused-ring (bicyclic) bond motifs is 2. The van der Waals surface area contributed by atoms with Crippen LogP contribution in [0.25, 0.3) is 0 Å². The topological polar surface area (TPSA) is 54.3 Å². The SMILES string of the molecule is Cc1sc(=O)n(CCC(=O)N2CCC3CCC(C2)N3)c1C.Cl. The Hall–Kier alpha value is -0.850. The van der Waals surface area contributed by atoms with Crippen molar-refractivity contribution < 1.29 is 4.79 Å².